The number of anilines is 1. The topological polar surface area (TPSA) is 25.4 Å². The van der Waals surface area contributed by atoms with Crippen LogP contribution in [0.15, 0.2) is 12.3 Å². The molecule has 0 atom stereocenters. The van der Waals surface area contributed by atoms with Crippen LogP contribution in [0.5, 0.6) is 0 Å². The summed E-state index contributed by atoms with van der Waals surface area (Å²) in [5, 5.41) is 0.587. The van der Waals surface area contributed by atoms with Crippen molar-refractivity contribution in [2.75, 3.05) is 31.2 Å². The molecule has 1 aromatic heterocycles. The quantitative estimate of drug-likeness (QED) is 0.680. The molecule has 0 unspecified atom stereocenters. The molecule has 0 amide bonds. The molecule has 1 aromatic rings. The van der Waals surface area contributed by atoms with E-state index in [2.05, 4.69) is 16.1 Å². The van der Waals surface area contributed by atoms with Crippen LogP contribution in [-0.2, 0) is 4.74 Å². The maximum atomic E-state index is 5.96. The number of morpholine rings is 1. The molecule has 1 fully saturated rings. The molecule has 1 radical (unpaired) electrons. The largest absolute Gasteiger partial charge is 0.378 e. The van der Waals surface area contributed by atoms with E-state index in [9.17, 15) is 0 Å². The van der Waals surface area contributed by atoms with E-state index in [1.165, 1.54) is 0 Å². The Labute approximate surface area is 82.3 Å². The van der Waals surface area contributed by atoms with Crippen LogP contribution >= 0.6 is 11.6 Å². The van der Waals surface area contributed by atoms with E-state index in [0.29, 0.717) is 5.02 Å². The van der Waals surface area contributed by atoms with Gasteiger partial charge in [-0.3, -0.25) is 4.98 Å². The Hall–Kier alpha value is -0.800. The number of aromatic nitrogens is 1. The van der Waals surface area contributed by atoms with E-state index in [1.54, 1.807) is 6.20 Å². The molecule has 2 heterocycles. The Kier molecular flexibility index (Phi) is 2.66. The maximum absolute atomic E-state index is 5.96. The van der Waals surface area contributed by atoms with Gasteiger partial charge in [-0.1, -0.05) is 11.6 Å². The van der Waals surface area contributed by atoms with Crippen LogP contribution in [-0.4, -0.2) is 31.3 Å². The summed E-state index contributed by atoms with van der Waals surface area (Å²) in [5.41, 5.74) is 1.000. The van der Waals surface area contributed by atoms with Crippen LogP contribution in [0.2, 0.25) is 5.02 Å². The number of hydrogen-bond donors (Lipinski definition) is 0. The highest BCUT2D eigenvalue weighted by Gasteiger charge is 2.13. The Bertz CT molecular complexity index is 287. The zero-order valence-corrected chi connectivity index (χ0v) is 7.92. The highest BCUT2D eigenvalue weighted by molar-refractivity contribution is 6.32. The van der Waals surface area contributed by atoms with E-state index in [-0.39, 0.29) is 0 Å². The van der Waals surface area contributed by atoms with Crippen molar-refractivity contribution in [3.8, 4) is 0 Å². The summed E-state index contributed by atoms with van der Waals surface area (Å²) in [7, 11) is 0. The SMILES string of the molecule is Clc1[c]nccc1N1CCOCC1. The highest BCUT2D eigenvalue weighted by Crippen LogP contribution is 2.23. The van der Waals surface area contributed by atoms with E-state index < -0.39 is 0 Å². The van der Waals surface area contributed by atoms with Crippen molar-refractivity contribution >= 4 is 17.3 Å². The van der Waals surface area contributed by atoms with Gasteiger partial charge in [0.2, 0.25) is 0 Å². The molecule has 0 N–H and O–H groups in total. The summed E-state index contributed by atoms with van der Waals surface area (Å²) < 4.78 is 5.25. The lowest BCUT2D eigenvalue weighted by atomic mass is 10.3. The van der Waals surface area contributed by atoms with Crippen LogP contribution in [0.4, 0.5) is 5.69 Å². The lowest BCUT2D eigenvalue weighted by Crippen LogP contribution is -2.36. The van der Waals surface area contributed by atoms with Crippen molar-refractivity contribution in [1.82, 2.24) is 4.98 Å². The van der Waals surface area contributed by atoms with E-state index in [4.69, 9.17) is 16.3 Å². The van der Waals surface area contributed by atoms with Gasteiger partial charge in [0, 0.05) is 19.3 Å². The summed E-state index contributed by atoms with van der Waals surface area (Å²) in [6, 6.07) is 1.91. The van der Waals surface area contributed by atoms with E-state index >= 15 is 0 Å². The fraction of sp³-hybridized carbons (Fsp3) is 0.444. The minimum Gasteiger partial charge on any atom is -0.378 e. The molecule has 13 heavy (non-hydrogen) atoms. The average Bonchev–Trinajstić information content (AvgIpc) is 2.20. The molecule has 0 aliphatic carbocycles. The molecule has 0 aromatic carbocycles. The molecule has 69 valence electrons. The molecule has 0 spiro atoms. The van der Waals surface area contributed by atoms with Crippen molar-refractivity contribution in [1.29, 1.82) is 0 Å². The minimum absolute atomic E-state index is 0.587. The fourth-order valence-corrected chi connectivity index (χ4v) is 1.61. The molecule has 0 bridgehead atoms. The van der Waals surface area contributed by atoms with Crippen LogP contribution in [0.25, 0.3) is 0 Å². The second-order valence-electron chi connectivity index (χ2n) is 2.86. The van der Waals surface area contributed by atoms with Crippen LogP contribution in [0.1, 0.15) is 0 Å². The fourth-order valence-electron chi connectivity index (χ4n) is 1.38. The van der Waals surface area contributed by atoms with E-state index in [1.807, 2.05) is 6.07 Å². The lowest BCUT2D eigenvalue weighted by Gasteiger charge is -2.29. The predicted molar refractivity (Wildman–Crippen MR) is 51.1 cm³/mol. The highest BCUT2D eigenvalue weighted by atomic mass is 35.5. The average molecular weight is 198 g/mol. The summed E-state index contributed by atoms with van der Waals surface area (Å²) in [6.07, 6.45) is 4.44. The maximum Gasteiger partial charge on any atom is 0.111 e. The van der Waals surface area contributed by atoms with Crippen LogP contribution in [0.3, 0.4) is 0 Å². The van der Waals surface area contributed by atoms with Gasteiger partial charge in [0.1, 0.15) is 6.20 Å². The van der Waals surface area contributed by atoms with Gasteiger partial charge in [-0.15, -0.1) is 0 Å². The third-order valence-electron chi connectivity index (χ3n) is 2.05. The Morgan fingerprint density at radius 1 is 1.46 bits per heavy atom. The summed E-state index contributed by atoms with van der Waals surface area (Å²) in [5.74, 6) is 0. The molecule has 1 aliphatic heterocycles. The molecule has 0 saturated carbocycles. The van der Waals surface area contributed by atoms with Crippen molar-refractivity contribution in [3.05, 3.63) is 23.5 Å². The molecule has 2 rings (SSSR count). The van der Waals surface area contributed by atoms with Crippen molar-refractivity contribution in [2.24, 2.45) is 0 Å². The number of pyridine rings is 1. The number of rotatable bonds is 1. The third-order valence-corrected chi connectivity index (χ3v) is 2.32. The van der Waals surface area contributed by atoms with Gasteiger partial charge in [0.25, 0.3) is 0 Å². The van der Waals surface area contributed by atoms with E-state index in [0.717, 1.165) is 32.0 Å². The van der Waals surface area contributed by atoms with Gasteiger partial charge in [-0.05, 0) is 6.07 Å². The molecule has 4 heteroatoms. The summed E-state index contributed by atoms with van der Waals surface area (Å²) in [6.45, 7) is 3.30. The second kappa shape index (κ2) is 3.94. The first-order chi connectivity index (χ1) is 6.38. The van der Waals surface area contributed by atoms with Gasteiger partial charge >= 0.3 is 0 Å². The minimum atomic E-state index is 0.587. The molecule has 1 aliphatic rings. The first kappa shape index (κ1) is 8.78. The zero-order valence-electron chi connectivity index (χ0n) is 7.16. The van der Waals surface area contributed by atoms with Gasteiger partial charge in [-0.2, -0.15) is 0 Å². The van der Waals surface area contributed by atoms with Gasteiger partial charge < -0.3 is 9.64 Å². The zero-order chi connectivity index (χ0) is 9.10. The van der Waals surface area contributed by atoms with Crippen molar-refractivity contribution < 1.29 is 4.74 Å². The lowest BCUT2D eigenvalue weighted by molar-refractivity contribution is 0.122. The first-order valence-electron chi connectivity index (χ1n) is 4.23. The van der Waals surface area contributed by atoms with Crippen molar-refractivity contribution in [2.45, 2.75) is 0 Å². The number of hydrogen-bond acceptors (Lipinski definition) is 3. The molecular formula is C9H10ClN2O. The number of nitrogens with zero attached hydrogens (tertiary/aromatic N) is 2. The summed E-state index contributed by atoms with van der Waals surface area (Å²) in [4.78, 5) is 6.01. The second-order valence-corrected chi connectivity index (χ2v) is 3.23. The smallest absolute Gasteiger partial charge is 0.111 e. The standard InChI is InChI=1S/C9H10ClN2O/c10-8-7-11-2-1-9(8)12-3-5-13-6-4-12/h1-2H,3-6H2. The van der Waals surface area contributed by atoms with Crippen LogP contribution in [0, 0.1) is 6.20 Å². The Morgan fingerprint density at radius 2 is 2.23 bits per heavy atom. The van der Waals surface area contributed by atoms with Gasteiger partial charge in [-0.25, -0.2) is 0 Å². The molecule has 1 saturated heterocycles. The number of ether oxygens (including phenoxy) is 1. The third kappa shape index (κ3) is 1.92. The van der Waals surface area contributed by atoms with Crippen molar-refractivity contribution in [3.63, 3.8) is 0 Å². The van der Waals surface area contributed by atoms with Gasteiger partial charge in [0.05, 0.1) is 23.9 Å². The molecule has 3 nitrogen and oxygen atoms in total. The van der Waals surface area contributed by atoms with Crippen LogP contribution < -0.4 is 4.90 Å². The summed E-state index contributed by atoms with van der Waals surface area (Å²) >= 11 is 5.96. The normalized spacial score (nSPS) is 17.5. The van der Waals surface area contributed by atoms with Gasteiger partial charge in [0.15, 0.2) is 0 Å². The first-order valence-corrected chi connectivity index (χ1v) is 4.60. The number of halogens is 1. The molecular weight excluding hydrogens is 188 g/mol. The Balaban J connectivity index is 2.18. The predicted octanol–water partition coefficient (Wildman–Crippen LogP) is 1.37. The Morgan fingerprint density at radius 3 is 2.92 bits per heavy atom. The monoisotopic (exact) mass is 197 g/mol.